The largest absolute Gasteiger partial charge is 0.334 e. The predicted molar refractivity (Wildman–Crippen MR) is 58.5 cm³/mol. The monoisotopic (exact) mass is 202 g/mol. The van der Waals surface area contributed by atoms with Crippen LogP contribution in [-0.4, -0.2) is 10.1 Å². The molecule has 1 heterocycles. The molecule has 0 fully saturated rings. The summed E-state index contributed by atoms with van der Waals surface area (Å²) in [5.74, 6) is 1.39. The predicted octanol–water partition coefficient (Wildman–Crippen LogP) is 2.86. The van der Waals surface area contributed by atoms with Gasteiger partial charge in [-0.05, 0) is 18.1 Å². The van der Waals surface area contributed by atoms with Crippen molar-refractivity contribution in [3.63, 3.8) is 0 Å². The normalized spacial score (nSPS) is 10.5. The molecule has 0 bridgehead atoms. The molecule has 3 heteroatoms. The lowest BCUT2D eigenvalue weighted by molar-refractivity contribution is 0.423. The van der Waals surface area contributed by atoms with Gasteiger partial charge in [0.25, 0.3) is 5.89 Å². The van der Waals surface area contributed by atoms with Crippen LogP contribution in [0.3, 0.4) is 0 Å². The summed E-state index contributed by atoms with van der Waals surface area (Å²) in [6.45, 7) is 4.14. The number of benzene rings is 1. The van der Waals surface area contributed by atoms with Crippen LogP contribution in [0.25, 0.3) is 11.5 Å². The van der Waals surface area contributed by atoms with Crippen molar-refractivity contribution in [2.24, 2.45) is 0 Å². The Hall–Kier alpha value is -1.64. The van der Waals surface area contributed by atoms with Gasteiger partial charge in [0.1, 0.15) is 0 Å². The van der Waals surface area contributed by atoms with Crippen LogP contribution in [0.2, 0.25) is 0 Å². The van der Waals surface area contributed by atoms with Gasteiger partial charge in [-0.2, -0.15) is 4.98 Å². The zero-order valence-electron chi connectivity index (χ0n) is 9.03. The minimum atomic E-state index is 0.629. The van der Waals surface area contributed by atoms with E-state index in [1.807, 2.05) is 25.1 Å². The number of hydrogen-bond donors (Lipinski definition) is 0. The highest BCUT2D eigenvalue weighted by Gasteiger charge is 2.10. The van der Waals surface area contributed by atoms with Gasteiger partial charge in [-0.3, -0.25) is 0 Å². The fourth-order valence-electron chi connectivity index (χ4n) is 1.54. The van der Waals surface area contributed by atoms with E-state index < -0.39 is 0 Å². The highest BCUT2D eigenvalue weighted by Crippen LogP contribution is 2.22. The first-order chi connectivity index (χ1) is 7.35. The molecular formula is C12H14N2O. The maximum atomic E-state index is 5.22. The molecule has 0 saturated carbocycles. The van der Waals surface area contributed by atoms with Crippen molar-refractivity contribution in [1.29, 1.82) is 0 Å². The third kappa shape index (κ3) is 1.91. The molecule has 1 aromatic carbocycles. The van der Waals surface area contributed by atoms with Crippen LogP contribution >= 0.6 is 0 Å². The van der Waals surface area contributed by atoms with Crippen LogP contribution in [0.15, 0.2) is 28.8 Å². The summed E-state index contributed by atoms with van der Waals surface area (Å²) >= 11 is 0. The van der Waals surface area contributed by atoms with Gasteiger partial charge in [0.2, 0.25) is 0 Å². The lowest BCUT2D eigenvalue weighted by Crippen LogP contribution is -1.87. The van der Waals surface area contributed by atoms with Crippen LogP contribution < -0.4 is 0 Å². The summed E-state index contributed by atoms with van der Waals surface area (Å²) in [6, 6.07) is 8.13. The van der Waals surface area contributed by atoms with Gasteiger partial charge in [-0.1, -0.05) is 37.2 Å². The first-order valence-electron chi connectivity index (χ1n) is 5.26. The Labute approximate surface area is 89.1 Å². The van der Waals surface area contributed by atoms with Crippen molar-refractivity contribution in [2.45, 2.75) is 26.7 Å². The highest BCUT2D eigenvalue weighted by molar-refractivity contribution is 5.58. The second-order valence-corrected chi connectivity index (χ2v) is 3.38. The second kappa shape index (κ2) is 4.26. The Morgan fingerprint density at radius 2 is 1.93 bits per heavy atom. The topological polar surface area (TPSA) is 38.9 Å². The van der Waals surface area contributed by atoms with Crippen molar-refractivity contribution < 1.29 is 4.52 Å². The van der Waals surface area contributed by atoms with Gasteiger partial charge >= 0.3 is 0 Å². The zero-order chi connectivity index (χ0) is 10.7. The van der Waals surface area contributed by atoms with Crippen molar-refractivity contribution in [1.82, 2.24) is 10.1 Å². The van der Waals surface area contributed by atoms with E-state index in [2.05, 4.69) is 23.1 Å². The van der Waals surface area contributed by atoms with Gasteiger partial charge in [-0.25, -0.2) is 0 Å². The molecule has 0 saturated heterocycles. The molecule has 0 aliphatic rings. The summed E-state index contributed by atoms with van der Waals surface area (Å²) in [5.41, 5.74) is 2.29. The molecule has 0 aliphatic heterocycles. The fraction of sp³-hybridized carbons (Fsp3) is 0.333. The van der Waals surface area contributed by atoms with E-state index in [1.54, 1.807) is 0 Å². The third-order valence-corrected chi connectivity index (χ3v) is 2.41. The van der Waals surface area contributed by atoms with Crippen LogP contribution in [0, 0.1) is 0 Å². The van der Waals surface area contributed by atoms with Gasteiger partial charge in [0.05, 0.1) is 0 Å². The Morgan fingerprint density at radius 1 is 1.13 bits per heavy atom. The Kier molecular flexibility index (Phi) is 2.81. The van der Waals surface area contributed by atoms with Crippen molar-refractivity contribution in [2.75, 3.05) is 0 Å². The molecule has 0 unspecified atom stereocenters. The molecule has 3 nitrogen and oxygen atoms in total. The van der Waals surface area contributed by atoms with Crippen molar-refractivity contribution in [3.8, 4) is 11.5 Å². The number of hydrogen-bond acceptors (Lipinski definition) is 3. The molecule has 2 aromatic rings. The molecule has 0 aliphatic carbocycles. The van der Waals surface area contributed by atoms with Gasteiger partial charge in [-0.15, -0.1) is 0 Å². The zero-order valence-corrected chi connectivity index (χ0v) is 9.03. The van der Waals surface area contributed by atoms with Crippen molar-refractivity contribution in [3.05, 3.63) is 35.7 Å². The molecular weight excluding hydrogens is 188 g/mol. The molecule has 15 heavy (non-hydrogen) atoms. The standard InChI is InChI=1S/C12H14N2O/c1-3-9-7-5-6-8-10(9)12-13-11(4-2)14-15-12/h5-8H,3-4H2,1-2H3. The maximum Gasteiger partial charge on any atom is 0.258 e. The Morgan fingerprint density at radius 3 is 2.60 bits per heavy atom. The first kappa shape index (κ1) is 9.90. The molecule has 78 valence electrons. The molecule has 1 aromatic heterocycles. The average Bonchev–Trinajstić information content (AvgIpc) is 2.77. The van der Waals surface area contributed by atoms with E-state index in [9.17, 15) is 0 Å². The minimum Gasteiger partial charge on any atom is -0.334 e. The van der Waals surface area contributed by atoms with Crippen molar-refractivity contribution >= 4 is 0 Å². The van der Waals surface area contributed by atoms with Crippen LogP contribution in [0.4, 0.5) is 0 Å². The van der Waals surface area contributed by atoms with Crippen LogP contribution in [0.1, 0.15) is 25.2 Å². The van der Waals surface area contributed by atoms with Gasteiger partial charge < -0.3 is 4.52 Å². The number of aryl methyl sites for hydroxylation is 2. The van der Waals surface area contributed by atoms with E-state index in [1.165, 1.54) is 5.56 Å². The second-order valence-electron chi connectivity index (χ2n) is 3.38. The lowest BCUT2D eigenvalue weighted by atomic mass is 10.1. The molecule has 0 radical (unpaired) electrons. The van der Waals surface area contributed by atoms with E-state index in [0.717, 1.165) is 24.2 Å². The SMILES string of the molecule is CCc1noc(-c2ccccc2CC)n1. The smallest absolute Gasteiger partial charge is 0.258 e. The Balaban J connectivity index is 2.44. The lowest BCUT2D eigenvalue weighted by Gasteiger charge is -2.01. The molecule has 0 N–H and O–H groups in total. The summed E-state index contributed by atoms with van der Waals surface area (Å²) < 4.78 is 5.22. The van der Waals surface area contributed by atoms with Gasteiger partial charge in [0, 0.05) is 12.0 Å². The van der Waals surface area contributed by atoms with E-state index >= 15 is 0 Å². The Bertz CT molecular complexity index is 448. The minimum absolute atomic E-state index is 0.629. The maximum absolute atomic E-state index is 5.22. The molecule has 0 amide bonds. The summed E-state index contributed by atoms with van der Waals surface area (Å²) in [7, 11) is 0. The van der Waals surface area contributed by atoms with E-state index in [-0.39, 0.29) is 0 Å². The number of rotatable bonds is 3. The van der Waals surface area contributed by atoms with Gasteiger partial charge in [0.15, 0.2) is 5.82 Å². The first-order valence-corrected chi connectivity index (χ1v) is 5.26. The highest BCUT2D eigenvalue weighted by atomic mass is 16.5. The van der Waals surface area contributed by atoms with E-state index in [0.29, 0.717) is 5.89 Å². The fourth-order valence-corrected chi connectivity index (χ4v) is 1.54. The third-order valence-electron chi connectivity index (χ3n) is 2.41. The average molecular weight is 202 g/mol. The molecule has 0 atom stereocenters. The summed E-state index contributed by atoms with van der Waals surface area (Å²) in [6.07, 6.45) is 1.78. The van der Waals surface area contributed by atoms with Crippen LogP contribution in [-0.2, 0) is 12.8 Å². The molecule has 2 rings (SSSR count). The number of nitrogens with zero attached hydrogens (tertiary/aromatic N) is 2. The quantitative estimate of drug-likeness (QED) is 0.768. The number of aromatic nitrogens is 2. The summed E-state index contributed by atoms with van der Waals surface area (Å²) in [4.78, 5) is 4.33. The van der Waals surface area contributed by atoms with E-state index in [4.69, 9.17) is 4.52 Å². The summed E-state index contributed by atoms with van der Waals surface area (Å²) in [5, 5.41) is 3.90. The molecule has 0 spiro atoms. The van der Waals surface area contributed by atoms with Crippen LogP contribution in [0.5, 0.6) is 0 Å².